The summed E-state index contributed by atoms with van der Waals surface area (Å²) in [6.45, 7) is 0.498. The molecule has 0 saturated heterocycles. The van der Waals surface area contributed by atoms with Crippen molar-refractivity contribution in [3.05, 3.63) is 96.1 Å². The first kappa shape index (κ1) is 21.6. The number of nitrogens with one attached hydrogen (secondary N) is 2. The monoisotopic (exact) mass is 444 g/mol. The highest BCUT2D eigenvalue weighted by Gasteiger charge is 2.20. The van der Waals surface area contributed by atoms with Crippen molar-refractivity contribution >= 4 is 17.7 Å². The molecule has 1 aromatic heterocycles. The Bertz CT molecular complexity index is 1130. The van der Waals surface area contributed by atoms with Gasteiger partial charge in [-0.1, -0.05) is 84.6 Å². The third kappa shape index (κ3) is 5.76. The number of nitrogens with zero attached hydrogens (tertiary/aromatic N) is 2. The number of thioether (sulfide) groups is 1. The quantitative estimate of drug-likeness (QED) is 0.354. The van der Waals surface area contributed by atoms with E-state index in [-0.39, 0.29) is 11.2 Å². The van der Waals surface area contributed by atoms with Crippen LogP contribution >= 0.6 is 11.8 Å². The molecule has 1 amide bonds. The third-order valence-electron chi connectivity index (χ3n) is 4.95. The molecule has 0 fully saturated rings. The number of hydrogen-bond donors (Lipinski definition) is 2. The van der Waals surface area contributed by atoms with Crippen LogP contribution in [0, 0.1) is 0 Å². The number of amides is 1. The van der Waals surface area contributed by atoms with Crippen LogP contribution in [0.2, 0.25) is 0 Å². The fourth-order valence-electron chi connectivity index (χ4n) is 3.23. The predicted molar refractivity (Wildman–Crippen MR) is 126 cm³/mol. The van der Waals surface area contributed by atoms with Crippen LogP contribution < -0.4 is 10.1 Å². The molecule has 6 nitrogen and oxygen atoms in total. The molecule has 1 atom stereocenters. The Kier molecular flexibility index (Phi) is 7.19. The van der Waals surface area contributed by atoms with Crippen LogP contribution in [0.1, 0.15) is 22.8 Å². The lowest BCUT2D eigenvalue weighted by Gasteiger charge is -2.16. The maximum atomic E-state index is 12.7. The lowest BCUT2D eigenvalue weighted by molar-refractivity contribution is -0.121. The first-order valence-electron chi connectivity index (χ1n) is 10.3. The molecule has 2 N–H and O–H groups in total. The van der Waals surface area contributed by atoms with Gasteiger partial charge in [-0.05, 0) is 23.3 Å². The van der Waals surface area contributed by atoms with E-state index in [0.29, 0.717) is 23.9 Å². The number of rotatable bonds is 9. The minimum Gasteiger partial charge on any atom is -0.497 e. The minimum absolute atomic E-state index is 0.0269. The smallest absolute Gasteiger partial charge is 0.221 e. The van der Waals surface area contributed by atoms with Crippen molar-refractivity contribution in [1.29, 1.82) is 0 Å². The van der Waals surface area contributed by atoms with Gasteiger partial charge < -0.3 is 10.1 Å². The van der Waals surface area contributed by atoms with Gasteiger partial charge >= 0.3 is 0 Å². The molecule has 1 heterocycles. The van der Waals surface area contributed by atoms with E-state index in [9.17, 15) is 4.79 Å². The van der Waals surface area contributed by atoms with Crippen LogP contribution in [0.4, 0.5) is 0 Å². The molecule has 32 heavy (non-hydrogen) atoms. The van der Waals surface area contributed by atoms with E-state index in [4.69, 9.17) is 4.74 Å². The van der Waals surface area contributed by atoms with Gasteiger partial charge in [0, 0.05) is 23.8 Å². The van der Waals surface area contributed by atoms with Crippen LogP contribution in [0.15, 0.2) is 90.1 Å². The number of aromatic amines is 1. The van der Waals surface area contributed by atoms with Crippen LogP contribution in [0.25, 0.3) is 11.4 Å². The lowest BCUT2D eigenvalue weighted by Crippen LogP contribution is -2.24. The van der Waals surface area contributed by atoms with Crippen LogP contribution in [0.5, 0.6) is 5.75 Å². The van der Waals surface area contributed by atoms with Gasteiger partial charge in [0.25, 0.3) is 0 Å². The second-order valence-corrected chi connectivity index (χ2v) is 8.35. The Morgan fingerprint density at radius 1 is 1.00 bits per heavy atom. The van der Waals surface area contributed by atoms with E-state index in [1.54, 1.807) is 7.11 Å². The van der Waals surface area contributed by atoms with E-state index in [0.717, 1.165) is 22.4 Å². The lowest BCUT2D eigenvalue weighted by atomic mass is 10.1. The number of carbonyl (C=O) groups is 1. The molecular weight excluding hydrogens is 420 g/mol. The van der Waals surface area contributed by atoms with Gasteiger partial charge in [-0.3, -0.25) is 9.89 Å². The van der Waals surface area contributed by atoms with Gasteiger partial charge in [0.1, 0.15) is 5.75 Å². The maximum absolute atomic E-state index is 12.7. The second kappa shape index (κ2) is 10.6. The molecule has 3 aromatic carbocycles. The second-order valence-electron chi connectivity index (χ2n) is 7.18. The SMILES string of the molecule is COc1ccc([C@H](CC(=O)NCc2ccccc2)Sc2n[nH]c(-c3ccccc3)n2)cc1. The molecule has 162 valence electrons. The first-order valence-corrected chi connectivity index (χ1v) is 11.2. The van der Waals surface area contributed by atoms with E-state index in [1.807, 2.05) is 84.9 Å². The maximum Gasteiger partial charge on any atom is 0.221 e. The van der Waals surface area contributed by atoms with Crippen molar-refractivity contribution in [3.63, 3.8) is 0 Å². The standard InChI is InChI=1S/C25H24N4O2S/c1-31-21-14-12-19(13-15-21)22(16-23(30)26-17-18-8-4-2-5-9-18)32-25-27-24(28-29-25)20-10-6-3-7-11-20/h2-15,22H,16-17H2,1H3,(H,26,30)(H,27,28,29)/t22-/m0/s1. The molecule has 0 radical (unpaired) electrons. The highest BCUT2D eigenvalue weighted by molar-refractivity contribution is 7.99. The Labute approximate surface area is 191 Å². The van der Waals surface area contributed by atoms with Gasteiger partial charge in [-0.15, -0.1) is 5.10 Å². The molecule has 7 heteroatoms. The van der Waals surface area contributed by atoms with E-state index < -0.39 is 0 Å². The summed E-state index contributed by atoms with van der Waals surface area (Å²) >= 11 is 1.47. The Morgan fingerprint density at radius 2 is 1.69 bits per heavy atom. The first-order chi connectivity index (χ1) is 15.7. The molecule has 0 unspecified atom stereocenters. The summed E-state index contributed by atoms with van der Waals surface area (Å²) < 4.78 is 5.27. The molecule has 0 aliphatic rings. The Morgan fingerprint density at radius 3 is 2.38 bits per heavy atom. The minimum atomic E-state index is -0.142. The number of methoxy groups -OCH3 is 1. The highest BCUT2D eigenvalue weighted by Crippen LogP contribution is 2.37. The number of benzene rings is 3. The molecule has 0 aliphatic carbocycles. The largest absolute Gasteiger partial charge is 0.497 e. The van der Waals surface area contributed by atoms with Crippen molar-refractivity contribution < 1.29 is 9.53 Å². The zero-order valence-corrected chi connectivity index (χ0v) is 18.5. The summed E-state index contributed by atoms with van der Waals surface area (Å²) in [5, 5.41) is 10.8. The van der Waals surface area contributed by atoms with E-state index in [1.165, 1.54) is 11.8 Å². The zero-order chi connectivity index (χ0) is 22.2. The van der Waals surface area contributed by atoms with Crippen molar-refractivity contribution in [2.75, 3.05) is 7.11 Å². The van der Waals surface area contributed by atoms with Gasteiger partial charge in [-0.2, -0.15) is 0 Å². The van der Waals surface area contributed by atoms with Gasteiger partial charge in [0.2, 0.25) is 11.1 Å². The summed E-state index contributed by atoms with van der Waals surface area (Å²) in [6, 6.07) is 27.5. The summed E-state index contributed by atoms with van der Waals surface area (Å²) in [5.74, 6) is 1.45. The fourth-order valence-corrected chi connectivity index (χ4v) is 4.26. The summed E-state index contributed by atoms with van der Waals surface area (Å²) in [5.41, 5.74) is 3.04. The van der Waals surface area contributed by atoms with E-state index >= 15 is 0 Å². The third-order valence-corrected chi connectivity index (χ3v) is 6.07. The number of hydrogen-bond acceptors (Lipinski definition) is 5. The van der Waals surface area contributed by atoms with Gasteiger partial charge in [0.15, 0.2) is 5.82 Å². The Balaban J connectivity index is 1.48. The average Bonchev–Trinajstić information content (AvgIpc) is 3.32. The molecular formula is C25H24N4O2S. The molecule has 4 aromatic rings. The molecule has 0 bridgehead atoms. The summed E-state index contributed by atoms with van der Waals surface area (Å²) in [7, 11) is 1.64. The molecule has 0 spiro atoms. The predicted octanol–water partition coefficient (Wildman–Crippen LogP) is 5.02. The van der Waals surface area contributed by atoms with Crippen LogP contribution in [-0.4, -0.2) is 28.2 Å². The summed E-state index contributed by atoms with van der Waals surface area (Å²) in [4.78, 5) is 17.4. The fraction of sp³-hybridized carbons (Fsp3) is 0.160. The zero-order valence-electron chi connectivity index (χ0n) is 17.7. The average molecular weight is 445 g/mol. The topological polar surface area (TPSA) is 79.9 Å². The highest BCUT2D eigenvalue weighted by atomic mass is 32.2. The molecule has 0 saturated carbocycles. The normalized spacial score (nSPS) is 11.7. The van der Waals surface area contributed by atoms with Crippen LogP contribution in [-0.2, 0) is 11.3 Å². The number of ether oxygens (including phenoxy) is 1. The number of H-pyrrole nitrogens is 1. The van der Waals surface area contributed by atoms with Crippen molar-refractivity contribution in [2.24, 2.45) is 0 Å². The van der Waals surface area contributed by atoms with Gasteiger partial charge in [0.05, 0.1) is 7.11 Å². The summed E-state index contributed by atoms with van der Waals surface area (Å²) in [6.07, 6.45) is 0.305. The van der Waals surface area contributed by atoms with Crippen molar-refractivity contribution in [3.8, 4) is 17.1 Å². The van der Waals surface area contributed by atoms with Crippen LogP contribution in [0.3, 0.4) is 0 Å². The molecule has 0 aliphatic heterocycles. The Hall–Kier alpha value is -3.58. The van der Waals surface area contributed by atoms with Crippen molar-refractivity contribution in [1.82, 2.24) is 20.5 Å². The van der Waals surface area contributed by atoms with Crippen molar-refractivity contribution in [2.45, 2.75) is 23.4 Å². The molecule has 4 rings (SSSR count). The number of aromatic nitrogens is 3. The van der Waals surface area contributed by atoms with E-state index in [2.05, 4.69) is 20.5 Å². The van der Waals surface area contributed by atoms with Gasteiger partial charge in [-0.25, -0.2) is 4.98 Å². The number of carbonyl (C=O) groups excluding carboxylic acids is 1.